The summed E-state index contributed by atoms with van der Waals surface area (Å²) in [7, 11) is 0. The highest BCUT2D eigenvalue weighted by atomic mass is 35.5. The Bertz CT molecular complexity index is 706. The molecule has 0 fully saturated rings. The van der Waals surface area contributed by atoms with Crippen LogP contribution < -0.4 is 5.32 Å². The molecule has 0 unspecified atom stereocenters. The van der Waals surface area contributed by atoms with E-state index in [9.17, 15) is 4.79 Å². The van der Waals surface area contributed by atoms with E-state index in [0.29, 0.717) is 22.2 Å². The van der Waals surface area contributed by atoms with E-state index < -0.39 is 0 Å². The summed E-state index contributed by atoms with van der Waals surface area (Å²) in [6, 6.07) is 12.9. The molecule has 1 amide bonds. The minimum atomic E-state index is -0.108. The summed E-state index contributed by atoms with van der Waals surface area (Å²) in [6.45, 7) is 4.25. The molecule has 0 atom stereocenters. The maximum Gasteiger partial charge on any atom is 0.251 e. The maximum absolute atomic E-state index is 12.4. The number of nitrogens with one attached hydrogen (secondary N) is 1. The zero-order chi connectivity index (χ0) is 16.1. The normalized spacial score (nSPS) is 11.4. The van der Waals surface area contributed by atoms with Crippen LogP contribution in [0.1, 0.15) is 23.6 Å². The van der Waals surface area contributed by atoms with Gasteiger partial charge in [-0.3, -0.25) is 4.79 Å². The third-order valence-corrected chi connectivity index (χ3v) is 3.87. The second-order valence-electron chi connectivity index (χ2n) is 4.97. The first-order chi connectivity index (χ1) is 10.5. The van der Waals surface area contributed by atoms with Gasteiger partial charge in [0.15, 0.2) is 0 Å². The van der Waals surface area contributed by atoms with Crippen LogP contribution in [0.3, 0.4) is 0 Å². The van der Waals surface area contributed by atoms with E-state index in [2.05, 4.69) is 5.32 Å². The highest BCUT2D eigenvalue weighted by molar-refractivity contribution is 6.31. The zero-order valence-corrected chi connectivity index (χ0v) is 14.0. The predicted octanol–water partition coefficient (Wildman–Crippen LogP) is 5.02. The lowest BCUT2D eigenvalue weighted by atomic mass is 9.99. The van der Waals surface area contributed by atoms with Crippen LogP contribution >= 0.6 is 23.2 Å². The van der Waals surface area contributed by atoms with Crippen LogP contribution in [0.2, 0.25) is 10.0 Å². The van der Waals surface area contributed by atoms with Crippen molar-refractivity contribution in [3.8, 4) is 0 Å². The van der Waals surface area contributed by atoms with E-state index in [-0.39, 0.29) is 5.91 Å². The number of benzene rings is 2. The Morgan fingerprint density at radius 1 is 1.09 bits per heavy atom. The van der Waals surface area contributed by atoms with Crippen LogP contribution in [-0.4, -0.2) is 5.91 Å². The summed E-state index contributed by atoms with van der Waals surface area (Å²) in [5, 5.41) is 4.27. The van der Waals surface area contributed by atoms with Crippen molar-refractivity contribution in [1.82, 2.24) is 5.32 Å². The smallest absolute Gasteiger partial charge is 0.251 e. The largest absolute Gasteiger partial charge is 0.348 e. The molecular formula is C18H17Cl2NO. The van der Waals surface area contributed by atoms with Gasteiger partial charge in [-0.2, -0.15) is 0 Å². The van der Waals surface area contributed by atoms with Gasteiger partial charge in [0, 0.05) is 22.2 Å². The minimum absolute atomic E-state index is 0.108. The third kappa shape index (κ3) is 4.12. The lowest BCUT2D eigenvalue weighted by Gasteiger charge is -2.12. The molecule has 0 bridgehead atoms. The van der Waals surface area contributed by atoms with Gasteiger partial charge in [0.25, 0.3) is 5.91 Å². The second-order valence-corrected chi connectivity index (χ2v) is 5.84. The summed E-state index contributed by atoms with van der Waals surface area (Å²) < 4.78 is 0. The number of rotatable bonds is 4. The molecule has 0 spiro atoms. The standard InChI is InChI=1S/C18H17Cl2NO/c1-3-16(17-9-8-15(20)10-12(17)2)18(22)21-11-13-4-6-14(19)7-5-13/h3-10H,11H2,1-2H3,(H,21,22)/b16-3+. The summed E-state index contributed by atoms with van der Waals surface area (Å²) in [4.78, 5) is 12.4. The topological polar surface area (TPSA) is 29.1 Å². The predicted molar refractivity (Wildman–Crippen MR) is 93.1 cm³/mol. The first-order valence-corrected chi connectivity index (χ1v) is 7.72. The maximum atomic E-state index is 12.4. The second kappa shape index (κ2) is 7.48. The van der Waals surface area contributed by atoms with Crippen molar-refractivity contribution in [2.24, 2.45) is 0 Å². The Morgan fingerprint density at radius 3 is 2.32 bits per heavy atom. The van der Waals surface area contributed by atoms with E-state index in [1.165, 1.54) is 0 Å². The Balaban J connectivity index is 2.11. The van der Waals surface area contributed by atoms with Crippen LogP contribution in [0, 0.1) is 6.92 Å². The fraction of sp³-hybridized carbons (Fsp3) is 0.167. The van der Waals surface area contributed by atoms with Crippen molar-refractivity contribution in [3.63, 3.8) is 0 Å². The number of halogens is 2. The molecule has 0 heterocycles. The quantitative estimate of drug-likeness (QED) is 0.782. The summed E-state index contributed by atoms with van der Waals surface area (Å²) in [5.41, 5.74) is 3.51. The van der Waals surface area contributed by atoms with Crippen LogP contribution in [0.25, 0.3) is 5.57 Å². The molecule has 2 aromatic rings. The molecule has 0 aromatic heterocycles. The molecule has 0 radical (unpaired) electrons. The number of allylic oxidation sites excluding steroid dienone is 1. The summed E-state index contributed by atoms with van der Waals surface area (Å²) in [5.74, 6) is -0.108. The van der Waals surface area contributed by atoms with Crippen molar-refractivity contribution < 1.29 is 4.79 Å². The molecule has 2 aromatic carbocycles. The zero-order valence-electron chi connectivity index (χ0n) is 12.5. The van der Waals surface area contributed by atoms with Crippen LogP contribution in [0.4, 0.5) is 0 Å². The van der Waals surface area contributed by atoms with Crippen LogP contribution in [0.15, 0.2) is 48.5 Å². The molecule has 0 saturated heterocycles. The molecule has 2 nitrogen and oxygen atoms in total. The van der Waals surface area contributed by atoms with Crippen LogP contribution in [-0.2, 0) is 11.3 Å². The lowest BCUT2D eigenvalue weighted by molar-refractivity contribution is -0.115. The molecule has 4 heteroatoms. The number of carbonyl (C=O) groups is 1. The van der Waals surface area contributed by atoms with Gasteiger partial charge in [-0.25, -0.2) is 0 Å². The Hall–Kier alpha value is -1.77. The molecule has 114 valence electrons. The molecule has 0 aliphatic carbocycles. The molecule has 0 aliphatic heterocycles. The highest BCUT2D eigenvalue weighted by Crippen LogP contribution is 2.22. The first-order valence-electron chi connectivity index (χ1n) is 6.96. The molecule has 0 saturated carbocycles. The number of hydrogen-bond donors (Lipinski definition) is 1. The van der Waals surface area contributed by atoms with Crippen LogP contribution in [0.5, 0.6) is 0 Å². The monoisotopic (exact) mass is 333 g/mol. The van der Waals surface area contributed by atoms with Crippen molar-refractivity contribution in [2.75, 3.05) is 0 Å². The number of aryl methyl sites for hydroxylation is 1. The average Bonchev–Trinajstić information content (AvgIpc) is 2.49. The van der Waals surface area contributed by atoms with E-state index >= 15 is 0 Å². The fourth-order valence-electron chi connectivity index (χ4n) is 2.22. The number of amides is 1. The molecule has 0 aliphatic rings. The van der Waals surface area contributed by atoms with Gasteiger partial charge in [-0.1, -0.05) is 47.5 Å². The molecular weight excluding hydrogens is 317 g/mol. The van der Waals surface area contributed by atoms with Gasteiger partial charge in [-0.15, -0.1) is 0 Å². The van der Waals surface area contributed by atoms with Gasteiger partial charge in [0.05, 0.1) is 0 Å². The minimum Gasteiger partial charge on any atom is -0.348 e. The molecule has 2 rings (SSSR count). The fourth-order valence-corrected chi connectivity index (χ4v) is 2.57. The van der Waals surface area contributed by atoms with Gasteiger partial charge >= 0.3 is 0 Å². The molecule has 1 N–H and O–H groups in total. The van der Waals surface area contributed by atoms with Crippen molar-refractivity contribution in [2.45, 2.75) is 20.4 Å². The van der Waals surface area contributed by atoms with Gasteiger partial charge in [-0.05, 0) is 54.8 Å². The van der Waals surface area contributed by atoms with Gasteiger partial charge in [0.1, 0.15) is 0 Å². The van der Waals surface area contributed by atoms with Gasteiger partial charge in [0.2, 0.25) is 0 Å². The SMILES string of the molecule is C/C=C(/C(=O)NCc1ccc(Cl)cc1)c1ccc(Cl)cc1C. The number of carbonyl (C=O) groups excluding carboxylic acids is 1. The lowest BCUT2D eigenvalue weighted by Crippen LogP contribution is -2.24. The Morgan fingerprint density at radius 2 is 1.73 bits per heavy atom. The average molecular weight is 334 g/mol. The Kier molecular flexibility index (Phi) is 5.64. The van der Waals surface area contributed by atoms with Gasteiger partial charge < -0.3 is 5.32 Å². The van der Waals surface area contributed by atoms with E-state index in [0.717, 1.165) is 16.7 Å². The summed E-state index contributed by atoms with van der Waals surface area (Å²) in [6.07, 6.45) is 1.81. The van der Waals surface area contributed by atoms with E-state index in [1.54, 1.807) is 6.07 Å². The third-order valence-electron chi connectivity index (χ3n) is 3.38. The highest BCUT2D eigenvalue weighted by Gasteiger charge is 2.13. The van der Waals surface area contributed by atoms with E-state index in [1.807, 2.05) is 56.3 Å². The van der Waals surface area contributed by atoms with Crippen molar-refractivity contribution in [1.29, 1.82) is 0 Å². The Labute approximate surface area is 140 Å². The first kappa shape index (κ1) is 16.6. The van der Waals surface area contributed by atoms with E-state index in [4.69, 9.17) is 23.2 Å². The van der Waals surface area contributed by atoms with Crippen molar-refractivity contribution >= 4 is 34.7 Å². The van der Waals surface area contributed by atoms with Crippen molar-refractivity contribution in [3.05, 3.63) is 75.3 Å². The molecule has 22 heavy (non-hydrogen) atoms. The number of hydrogen-bond acceptors (Lipinski definition) is 1. The summed E-state index contributed by atoms with van der Waals surface area (Å²) >= 11 is 11.8.